The van der Waals surface area contributed by atoms with Gasteiger partial charge in [-0.25, -0.2) is 4.98 Å². The maximum absolute atomic E-state index is 12.8. The van der Waals surface area contributed by atoms with E-state index in [1.165, 1.54) is 0 Å². The molecule has 1 unspecified atom stereocenters. The zero-order chi connectivity index (χ0) is 17.9. The minimum atomic E-state index is -0.522. The molecule has 1 saturated carbocycles. The first-order valence-electron chi connectivity index (χ1n) is 8.87. The Balaban J connectivity index is 1.43. The number of rotatable bonds is 5. The zero-order valence-electron chi connectivity index (χ0n) is 14.4. The first-order valence-corrected chi connectivity index (χ1v) is 8.87. The van der Waals surface area contributed by atoms with Crippen LogP contribution in [0.2, 0.25) is 0 Å². The van der Waals surface area contributed by atoms with Crippen LogP contribution in [0.4, 0.5) is 0 Å². The summed E-state index contributed by atoms with van der Waals surface area (Å²) in [5, 5.41) is 13.4. The van der Waals surface area contributed by atoms with Gasteiger partial charge in [0.15, 0.2) is 0 Å². The maximum Gasteiger partial charge on any atom is 0.253 e. The van der Waals surface area contributed by atoms with Crippen molar-refractivity contribution in [1.82, 2.24) is 19.9 Å². The molecule has 2 aromatic heterocycles. The zero-order valence-corrected chi connectivity index (χ0v) is 14.4. The highest BCUT2D eigenvalue weighted by molar-refractivity contribution is 6.01. The van der Waals surface area contributed by atoms with E-state index in [0.29, 0.717) is 17.9 Å². The number of aliphatic hydroxyl groups is 1. The summed E-state index contributed by atoms with van der Waals surface area (Å²) < 4.78 is 2.02. The van der Waals surface area contributed by atoms with E-state index in [2.05, 4.69) is 15.3 Å². The van der Waals surface area contributed by atoms with Gasteiger partial charge in [0.05, 0.1) is 24.0 Å². The molecule has 2 heterocycles. The fourth-order valence-corrected chi connectivity index (χ4v) is 3.77. The number of nitrogens with zero attached hydrogens (tertiary/aromatic N) is 2. The van der Waals surface area contributed by atoms with Gasteiger partial charge in [0, 0.05) is 36.9 Å². The molecule has 0 radical (unpaired) electrons. The van der Waals surface area contributed by atoms with Gasteiger partial charge >= 0.3 is 0 Å². The van der Waals surface area contributed by atoms with Gasteiger partial charge in [-0.3, -0.25) is 4.79 Å². The Morgan fingerprint density at radius 2 is 2.12 bits per heavy atom. The molecule has 1 aliphatic rings. The second kappa shape index (κ2) is 7.17. The maximum atomic E-state index is 12.8. The van der Waals surface area contributed by atoms with Crippen molar-refractivity contribution in [3.63, 3.8) is 0 Å². The Kier molecular flexibility index (Phi) is 4.58. The molecule has 0 aliphatic heterocycles. The highest BCUT2D eigenvalue weighted by atomic mass is 16.3. The quantitative estimate of drug-likeness (QED) is 0.661. The Hall–Kier alpha value is -2.86. The number of imidazole rings is 1. The van der Waals surface area contributed by atoms with Gasteiger partial charge < -0.3 is 20.0 Å². The van der Waals surface area contributed by atoms with E-state index in [9.17, 15) is 9.90 Å². The molecule has 0 bridgehead atoms. The number of carbonyl (C=O) groups excluding carboxylic acids is 1. The van der Waals surface area contributed by atoms with Gasteiger partial charge in [0.1, 0.15) is 0 Å². The van der Waals surface area contributed by atoms with Crippen LogP contribution in [-0.4, -0.2) is 37.7 Å². The molecule has 1 aromatic carbocycles. The monoisotopic (exact) mass is 350 g/mol. The van der Waals surface area contributed by atoms with Crippen molar-refractivity contribution < 1.29 is 9.90 Å². The molecule has 0 saturated heterocycles. The first kappa shape index (κ1) is 16.6. The summed E-state index contributed by atoms with van der Waals surface area (Å²) in [7, 11) is 0. The second-order valence-electron chi connectivity index (χ2n) is 6.89. The molecule has 1 aliphatic carbocycles. The van der Waals surface area contributed by atoms with Gasteiger partial charge in [0.25, 0.3) is 5.91 Å². The summed E-state index contributed by atoms with van der Waals surface area (Å²) in [6.07, 6.45) is 9.92. The van der Waals surface area contributed by atoms with Crippen LogP contribution < -0.4 is 5.32 Å². The number of aromatic nitrogens is 3. The second-order valence-corrected chi connectivity index (χ2v) is 6.89. The number of amides is 1. The third kappa shape index (κ3) is 3.41. The third-order valence-corrected chi connectivity index (χ3v) is 5.05. The molecule has 6 heteroatoms. The predicted molar refractivity (Wildman–Crippen MR) is 98.4 cm³/mol. The highest BCUT2D eigenvalue weighted by Crippen LogP contribution is 2.29. The summed E-state index contributed by atoms with van der Waals surface area (Å²) in [5.74, 6) is 0.168. The van der Waals surface area contributed by atoms with Crippen molar-refractivity contribution in [3.8, 4) is 11.1 Å². The largest absolute Gasteiger partial charge is 0.391 e. The smallest absolute Gasteiger partial charge is 0.253 e. The van der Waals surface area contributed by atoms with Crippen LogP contribution >= 0.6 is 0 Å². The number of aromatic amines is 1. The molecule has 0 spiro atoms. The lowest BCUT2D eigenvalue weighted by atomic mass is 10.0. The predicted octanol–water partition coefficient (Wildman–Crippen LogP) is 2.45. The Bertz CT molecular complexity index is 857. The van der Waals surface area contributed by atoms with Crippen molar-refractivity contribution in [2.75, 3.05) is 0 Å². The van der Waals surface area contributed by atoms with Crippen LogP contribution in [0.1, 0.15) is 23.2 Å². The fraction of sp³-hybridized carbons (Fsp3) is 0.300. The van der Waals surface area contributed by atoms with E-state index in [1.807, 2.05) is 47.3 Å². The topological polar surface area (TPSA) is 82.9 Å². The number of nitrogens with one attached hydrogen (secondary N) is 2. The molecule has 1 amide bonds. The lowest BCUT2D eigenvalue weighted by molar-refractivity contribution is 0.0873. The number of hydrogen-bond acceptors (Lipinski definition) is 3. The highest BCUT2D eigenvalue weighted by Gasteiger charge is 2.34. The summed E-state index contributed by atoms with van der Waals surface area (Å²) in [6, 6.07) is 9.58. The Labute approximate surface area is 151 Å². The average Bonchev–Trinajstić information content (AvgIpc) is 3.38. The van der Waals surface area contributed by atoms with Crippen molar-refractivity contribution in [2.24, 2.45) is 5.92 Å². The summed E-state index contributed by atoms with van der Waals surface area (Å²) >= 11 is 0. The van der Waals surface area contributed by atoms with Crippen LogP contribution in [0, 0.1) is 5.92 Å². The van der Waals surface area contributed by atoms with E-state index in [4.69, 9.17) is 0 Å². The van der Waals surface area contributed by atoms with Crippen LogP contribution in [-0.2, 0) is 6.54 Å². The number of carbonyl (C=O) groups is 1. The van der Waals surface area contributed by atoms with Crippen molar-refractivity contribution in [2.45, 2.75) is 31.5 Å². The molecule has 6 nitrogen and oxygen atoms in total. The lowest BCUT2D eigenvalue weighted by Gasteiger charge is -2.16. The summed E-state index contributed by atoms with van der Waals surface area (Å²) in [6.45, 7) is 0.808. The van der Waals surface area contributed by atoms with E-state index >= 15 is 0 Å². The molecular weight excluding hydrogens is 328 g/mol. The number of benzene rings is 1. The Morgan fingerprint density at radius 3 is 2.88 bits per heavy atom. The van der Waals surface area contributed by atoms with Crippen LogP contribution in [0.3, 0.4) is 0 Å². The van der Waals surface area contributed by atoms with Crippen LogP contribution in [0.25, 0.3) is 11.1 Å². The van der Waals surface area contributed by atoms with Crippen LogP contribution in [0.15, 0.2) is 61.4 Å². The minimum absolute atomic E-state index is 0.155. The SMILES string of the molecule is O=C(N[C@@H]1CC(Cn2ccnc2)C[C@H]1O)c1c[nH]cc1-c1ccccc1. The number of H-pyrrole nitrogens is 1. The third-order valence-electron chi connectivity index (χ3n) is 5.05. The van der Waals surface area contributed by atoms with Gasteiger partial charge in [-0.2, -0.15) is 0 Å². The summed E-state index contributed by atoms with van der Waals surface area (Å²) in [4.78, 5) is 19.8. The molecule has 3 aromatic rings. The van der Waals surface area contributed by atoms with Crippen molar-refractivity contribution >= 4 is 5.91 Å². The molecule has 1 fully saturated rings. The minimum Gasteiger partial charge on any atom is -0.391 e. The lowest BCUT2D eigenvalue weighted by Crippen LogP contribution is -2.40. The first-order chi connectivity index (χ1) is 12.7. The van der Waals surface area contributed by atoms with E-state index in [-0.39, 0.29) is 11.9 Å². The number of aliphatic hydroxyl groups excluding tert-OH is 1. The van der Waals surface area contributed by atoms with Crippen molar-refractivity contribution in [1.29, 1.82) is 0 Å². The molecule has 4 rings (SSSR count). The molecular formula is C20H22N4O2. The van der Waals surface area contributed by atoms with Crippen LogP contribution in [0.5, 0.6) is 0 Å². The number of hydrogen-bond donors (Lipinski definition) is 3. The molecule has 26 heavy (non-hydrogen) atoms. The standard InChI is InChI=1S/C20H22N4O2/c25-19-9-14(12-24-7-6-21-13-24)8-18(19)23-20(26)17-11-22-10-16(17)15-4-2-1-3-5-15/h1-7,10-11,13-14,18-19,22,25H,8-9,12H2,(H,23,26)/t14?,18-,19-/m1/s1. The van der Waals surface area contributed by atoms with Gasteiger partial charge in [0.2, 0.25) is 0 Å². The normalized spacial score (nSPS) is 22.4. The van der Waals surface area contributed by atoms with E-state index in [0.717, 1.165) is 24.1 Å². The van der Waals surface area contributed by atoms with Gasteiger partial charge in [-0.1, -0.05) is 30.3 Å². The average molecular weight is 350 g/mol. The van der Waals surface area contributed by atoms with Crippen molar-refractivity contribution in [3.05, 3.63) is 67.0 Å². The van der Waals surface area contributed by atoms with Gasteiger partial charge in [-0.15, -0.1) is 0 Å². The molecule has 3 atom stereocenters. The summed E-state index contributed by atoms with van der Waals surface area (Å²) in [5.41, 5.74) is 2.45. The van der Waals surface area contributed by atoms with Gasteiger partial charge in [-0.05, 0) is 24.3 Å². The van der Waals surface area contributed by atoms with E-state index < -0.39 is 6.10 Å². The molecule has 3 N–H and O–H groups in total. The fourth-order valence-electron chi connectivity index (χ4n) is 3.77. The Morgan fingerprint density at radius 1 is 1.27 bits per heavy atom. The molecule has 134 valence electrons. The van der Waals surface area contributed by atoms with E-state index in [1.54, 1.807) is 18.7 Å².